The summed E-state index contributed by atoms with van der Waals surface area (Å²) in [4.78, 5) is 12.6. The van der Waals surface area contributed by atoms with E-state index < -0.39 is 5.41 Å². The molecule has 0 aromatic heterocycles. The molecule has 1 aliphatic heterocycles. The van der Waals surface area contributed by atoms with Gasteiger partial charge in [0.25, 0.3) is 0 Å². The summed E-state index contributed by atoms with van der Waals surface area (Å²) in [5.41, 5.74) is -0.431. The first kappa shape index (κ1) is 21.0. The number of halogens is 2. The number of rotatable bonds is 7. The first-order chi connectivity index (χ1) is 11.1. The molecule has 1 saturated heterocycles. The van der Waals surface area contributed by atoms with Crippen LogP contribution in [0, 0.1) is 5.41 Å². The number of nitrogens with one attached hydrogen (secondary N) is 2. The highest BCUT2D eigenvalue weighted by atomic mass is 35.5. The molecule has 2 rings (SSSR count). The second-order valence-electron chi connectivity index (χ2n) is 6.06. The van der Waals surface area contributed by atoms with E-state index in [1.165, 1.54) is 0 Å². The minimum Gasteiger partial charge on any atom is -0.489 e. The number of methoxy groups -OCH3 is 1. The quantitative estimate of drug-likeness (QED) is 0.767. The average molecular weight is 377 g/mol. The van der Waals surface area contributed by atoms with Crippen LogP contribution in [0.25, 0.3) is 0 Å². The van der Waals surface area contributed by atoms with Crippen molar-refractivity contribution in [3.63, 3.8) is 0 Å². The Morgan fingerprint density at radius 3 is 2.54 bits per heavy atom. The molecule has 1 unspecified atom stereocenters. The van der Waals surface area contributed by atoms with Gasteiger partial charge in [0.1, 0.15) is 11.9 Å². The van der Waals surface area contributed by atoms with Gasteiger partial charge in [-0.25, -0.2) is 0 Å². The maximum atomic E-state index is 12.6. The maximum Gasteiger partial charge on any atom is 0.228 e. The molecule has 1 fully saturated rings. The molecule has 0 radical (unpaired) electrons. The lowest BCUT2D eigenvalue weighted by Crippen LogP contribution is -2.51. The van der Waals surface area contributed by atoms with Gasteiger partial charge >= 0.3 is 0 Å². The molecule has 1 heterocycles. The van der Waals surface area contributed by atoms with Gasteiger partial charge in [0, 0.05) is 12.1 Å². The van der Waals surface area contributed by atoms with E-state index in [2.05, 4.69) is 10.6 Å². The highest BCUT2D eigenvalue weighted by Crippen LogP contribution is 2.29. The van der Waals surface area contributed by atoms with E-state index in [4.69, 9.17) is 21.1 Å². The van der Waals surface area contributed by atoms with Crippen molar-refractivity contribution < 1.29 is 14.3 Å². The summed E-state index contributed by atoms with van der Waals surface area (Å²) < 4.78 is 11.1. The molecule has 1 atom stereocenters. The molecule has 5 nitrogen and oxygen atoms in total. The van der Waals surface area contributed by atoms with E-state index in [0.29, 0.717) is 18.2 Å². The molecule has 7 heteroatoms. The highest BCUT2D eigenvalue weighted by molar-refractivity contribution is 6.30. The first-order valence-corrected chi connectivity index (χ1v) is 8.34. The Morgan fingerprint density at radius 1 is 1.33 bits per heavy atom. The monoisotopic (exact) mass is 376 g/mol. The van der Waals surface area contributed by atoms with Crippen LogP contribution in [0.4, 0.5) is 0 Å². The molecule has 1 aliphatic rings. The molecule has 0 bridgehead atoms. The summed E-state index contributed by atoms with van der Waals surface area (Å²) in [6, 6.07) is 7.20. The minimum atomic E-state index is -0.431. The number of amides is 1. The van der Waals surface area contributed by atoms with E-state index in [9.17, 15) is 4.79 Å². The number of hydrogen-bond acceptors (Lipinski definition) is 4. The zero-order valence-corrected chi connectivity index (χ0v) is 15.7. The van der Waals surface area contributed by atoms with E-state index >= 15 is 0 Å². The van der Waals surface area contributed by atoms with Crippen molar-refractivity contribution in [2.75, 3.05) is 33.4 Å². The molecule has 136 valence electrons. The van der Waals surface area contributed by atoms with Gasteiger partial charge in [-0.2, -0.15) is 0 Å². The van der Waals surface area contributed by atoms with Gasteiger partial charge in [-0.1, -0.05) is 11.6 Å². The number of benzene rings is 1. The number of carbonyl (C=O) groups excluding carboxylic acids is 1. The summed E-state index contributed by atoms with van der Waals surface area (Å²) >= 11 is 5.85. The molecule has 0 spiro atoms. The van der Waals surface area contributed by atoms with Crippen molar-refractivity contribution in [3.8, 4) is 5.75 Å². The largest absolute Gasteiger partial charge is 0.489 e. The second kappa shape index (κ2) is 10.1. The predicted octanol–water partition coefficient (Wildman–Crippen LogP) is 2.66. The third kappa shape index (κ3) is 5.81. The third-order valence-electron chi connectivity index (χ3n) is 4.16. The van der Waals surface area contributed by atoms with Crippen molar-refractivity contribution >= 4 is 29.9 Å². The summed E-state index contributed by atoms with van der Waals surface area (Å²) in [5, 5.41) is 6.97. The topological polar surface area (TPSA) is 59.6 Å². The van der Waals surface area contributed by atoms with Crippen LogP contribution < -0.4 is 15.4 Å². The van der Waals surface area contributed by atoms with Crippen LogP contribution >= 0.6 is 24.0 Å². The zero-order chi connectivity index (χ0) is 16.7. The summed E-state index contributed by atoms with van der Waals surface area (Å²) in [5.74, 6) is 0.789. The van der Waals surface area contributed by atoms with Crippen LogP contribution in [0.15, 0.2) is 24.3 Å². The fourth-order valence-electron chi connectivity index (χ4n) is 2.83. The van der Waals surface area contributed by atoms with Crippen molar-refractivity contribution in [2.24, 2.45) is 5.41 Å². The van der Waals surface area contributed by atoms with Crippen molar-refractivity contribution in [1.82, 2.24) is 10.6 Å². The third-order valence-corrected chi connectivity index (χ3v) is 4.42. The fraction of sp³-hybridized carbons (Fsp3) is 0.588. The van der Waals surface area contributed by atoms with Gasteiger partial charge < -0.3 is 20.1 Å². The fourth-order valence-corrected chi connectivity index (χ4v) is 2.96. The van der Waals surface area contributed by atoms with Gasteiger partial charge in [-0.05, 0) is 57.1 Å². The van der Waals surface area contributed by atoms with Gasteiger partial charge in [0.2, 0.25) is 5.91 Å². The Kier molecular flexibility index (Phi) is 8.84. The summed E-state index contributed by atoms with van der Waals surface area (Å²) in [7, 11) is 1.64. The SMILES string of the molecule is COCC1(C(=O)NCC(C)Oc2ccc(Cl)cc2)CCNCC1.Cl. The van der Waals surface area contributed by atoms with Gasteiger partial charge in [0.15, 0.2) is 0 Å². The Hall–Kier alpha value is -1.01. The normalized spacial score (nSPS) is 17.5. The van der Waals surface area contributed by atoms with Crippen LogP contribution in [-0.4, -0.2) is 45.4 Å². The number of carbonyl (C=O) groups is 1. The van der Waals surface area contributed by atoms with Crippen molar-refractivity contribution in [3.05, 3.63) is 29.3 Å². The van der Waals surface area contributed by atoms with Crippen LogP contribution in [0.1, 0.15) is 19.8 Å². The van der Waals surface area contributed by atoms with Gasteiger partial charge in [0.05, 0.1) is 18.6 Å². The molecule has 0 aliphatic carbocycles. The molecular weight excluding hydrogens is 351 g/mol. The summed E-state index contributed by atoms with van der Waals surface area (Å²) in [6.45, 7) is 4.52. The van der Waals surface area contributed by atoms with Crippen LogP contribution in [-0.2, 0) is 9.53 Å². The van der Waals surface area contributed by atoms with Crippen molar-refractivity contribution in [2.45, 2.75) is 25.9 Å². The van der Waals surface area contributed by atoms with E-state index in [0.717, 1.165) is 31.7 Å². The predicted molar refractivity (Wildman–Crippen MR) is 98.2 cm³/mol. The molecule has 24 heavy (non-hydrogen) atoms. The first-order valence-electron chi connectivity index (χ1n) is 7.96. The van der Waals surface area contributed by atoms with Gasteiger partial charge in [-0.15, -0.1) is 12.4 Å². The lowest BCUT2D eigenvalue weighted by Gasteiger charge is -2.35. The van der Waals surface area contributed by atoms with Crippen LogP contribution in [0.2, 0.25) is 5.02 Å². The van der Waals surface area contributed by atoms with E-state index in [-0.39, 0.29) is 24.4 Å². The minimum absolute atomic E-state index is 0. The summed E-state index contributed by atoms with van der Waals surface area (Å²) in [6.07, 6.45) is 1.46. The average Bonchev–Trinajstić information content (AvgIpc) is 2.56. The van der Waals surface area contributed by atoms with E-state index in [1.807, 2.05) is 19.1 Å². The molecule has 1 aromatic rings. The molecule has 1 amide bonds. The Morgan fingerprint density at radius 2 is 1.96 bits per heavy atom. The number of piperidine rings is 1. The smallest absolute Gasteiger partial charge is 0.228 e. The molecule has 2 N–H and O–H groups in total. The number of hydrogen-bond donors (Lipinski definition) is 2. The van der Waals surface area contributed by atoms with E-state index in [1.54, 1.807) is 19.2 Å². The lowest BCUT2D eigenvalue weighted by atomic mass is 9.78. The van der Waals surface area contributed by atoms with Gasteiger partial charge in [-0.3, -0.25) is 4.79 Å². The molecular formula is C17H26Cl2N2O3. The number of ether oxygens (including phenoxy) is 2. The zero-order valence-electron chi connectivity index (χ0n) is 14.1. The van der Waals surface area contributed by atoms with Crippen LogP contribution in [0.5, 0.6) is 5.75 Å². The Labute approximate surface area is 154 Å². The maximum absolute atomic E-state index is 12.6. The Balaban J connectivity index is 0.00000288. The Bertz CT molecular complexity index is 500. The molecule has 0 saturated carbocycles. The van der Waals surface area contributed by atoms with Crippen molar-refractivity contribution in [1.29, 1.82) is 0 Å². The standard InChI is InChI=1S/C17H25ClN2O3.ClH/c1-13(23-15-5-3-14(18)4-6-15)11-20-16(21)17(12-22-2)7-9-19-10-8-17;/h3-6,13,19H,7-12H2,1-2H3,(H,20,21);1H. The lowest BCUT2D eigenvalue weighted by molar-refractivity contribution is -0.136. The molecule has 1 aromatic carbocycles. The second-order valence-corrected chi connectivity index (χ2v) is 6.49. The van der Waals surface area contributed by atoms with Crippen LogP contribution in [0.3, 0.4) is 0 Å². The highest BCUT2D eigenvalue weighted by Gasteiger charge is 2.39.